The van der Waals surface area contributed by atoms with E-state index in [-0.39, 0.29) is 62.7 Å². The molecule has 0 spiro atoms. The van der Waals surface area contributed by atoms with Gasteiger partial charge in [0.25, 0.3) is 0 Å². The van der Waals surface area contributed by atoms with Crippen LogP contribution in [0.25, 0.3) is 46.9 Å². The lowest BCUT2D eigenvalue weighted by Crippen LogP contribution is -2.23. The molecule has 0 saturated heterocycles. The fraction of sp³-hybridized carbons (Fsp3) is 0.411. The van der Waals surface area contributed by atoms with Crippen LogP contribution in [0.4, 0.5) is 22.0 Å². The fourth-order valence-electron chi connectivity index (χ4n) is 12.8. The second-order valence-corrected chi connectivity index (χ2v) is 36.5. The van der Waals surface area contributed by atoms with Gasteiger partial charge in [-0.05, 0) is 328 Å². The van der Waals surface area contributed by atoms with E-state index in [9.17, 15) is 22.0 Å². The molecule has 590 valence electrons. The monoisotopic (exact) mass is 1550 g/mol. The number of allylic oxidation sites excluding steroid dienone is 6. The summed E-state index contributed by atoms with van der Waals surface area (Å²) in [5, 5.41) is 2.48. The van der Waals surface area contributed by atoms with E-state index >= 15 is 0 Å². The van der Waals surface area contributed by atoms with E-state index in [4.69, 9.17) is 56.4 Å². The maximum Gasteiger partial charge on any atom is 0.167 e. The number of rotatable bonds is 7. The lowest BCUT2D eigenvalue weighted by atomic mass is 10.1. The number of hydrogen-bond donors (Lipinski definition) is 0. The van der Waals surface area contributed by atoms with Crippen LogP contribution < -0.4 is 33.2 Å². The molecule has 0 radical (unpaired) electrons. The molecule has 14 rings (SSSR count). The molecule has 1 aromatic heterocycles. The number of nitrogens with zero attached hydrogens (tertiary/aromatic N) is 1. The largest absolute Gasteiger partial charge is 0.488 e. The highest BCUT2D eigenvalue weighted by Gasteiger charge is 2.27. The van der Waals surface area contributed by atoms with Crippen LogP contribution in [0.5, 0.6) is 40.2 Å². The number of benzene rings is 7. The Kier molecular flexibility index (Phi) is 27.3. The minimum Gasteiger partial charge on any atom is -0.488 e. The van der Waals surface area contributed by atoms with E-state index in [0.717, 1.165) is 125 Å². The topological polar surface area (TPSA) is 69.5 Å². The molecule has 110 heavy (non-hydrogen) atoms. The van der Waals surface area contributed by atoms with Gasteiger partial charge in [0, 0.05) is 58.6 Å². The van der Waals surface area contributed by atoms with Gasteiger partial charge in [-0.25, -0.2) is 22.0 Å². The van der Waals surface area contributed by atoms with Gasteiger partial charge in [0.05, 0.1) is 15.6 Å². The summed E-state index contributed by atoms with van der Waals surface area (Å²) in [6.07, 6.45) is 18.7. The highest BCUT2D eigenvalue weighted by atomic mass is 35.5. The SMILES string of the molecule is CC(C)(C)Oc1cc(F)c2c(c1)C=CC2.CC(C)(C)Oc1ccc2c(c1)C(F)=CC2.CC(C)(C)Oc1ccc2c(c1Cl)C=CC2.CC1=C(F)c2cc(OC(C)(C)C)ccc2C1.CC1=Cc2c(ccc(OC(C)(C)C)c2Cl)C1.CC1=Cc2cc(OC(C)(C)C)cc(F)c2C1.Cc1cc2cc(OC(C)(C)C)c(F)cc2n1C. The van der Waals surface area contributed by atoms with E-state index in [0.29, 0.717) is 41.2 Å². The van der Waals surface area contributed by atoms with Gasteiger partial charge in [0.1, 0.15) is 97.0 Å². The highest BCUT2D eigenvalue weighted by Crippen LogP contribution is 2.42. The van der Waals surface area contributed by atoms with E-state index in [1.165, 1.54) is 40.5 Å². The standard InChI is InChI=1S/C14H17ClO.C14H18FNO.2C14H17FO.C13H15ClO.2C13H15FO/c1-9-7-10-5-6-12(16-14(2,3)4)13(15)11(10)8-9;1-9-6-10-7-13(17-14(2,3)4)11(15)8-12(10)16(9)5;1-9-5-10-7-11(16-14(2,3)4)8-13(15)12(10)6-9;1-9-7-10-5-6-11(16-14(2,3)4)8-12(10)13(9)15;1-13(2,3)15-11-8-7-9-5-4-6-10(9)12(11)14;1-13(2,3)15-10-6-4-9-5-7-12(14)11(9)8-10;1-13(2,3)15-10-7-9-5-4-6-11(9)12(14)8-10/h5-6,8H,7H2,1-4H3;6-8H,1-5H3;5,7-8H,6H2,1-4H3;5-6,8H,7H2,1-4H3;2*4,6-8H,5H2,1-3H3;4-5,7-8H,6H2,1-3H3. The third kappa shape index (κ3) is 25.2. The second-order valence-electron chi connectivity index (χ2n) is 35.7. The molecule has 0 saturated carbocycles. The first-order valence-corrected chi connectivity index (χ1v) is 38.5. The van der Waals surface area contributed by atoms with Crippen LogP contribution in [-0.4, -0.2) is 43.8 Å². The summed E-state index contributed by atoms with van der Waals surface area (Å²) in [6.45, 7) is 49.5. The van der Waals surface area contributed by atoms with E-state index < -0.39 is 5.60 Å². The normalized spacial score (nSPS) is 14.2. The van der Waals surface area contributed by atoms with Gasteiger partial charge in [-0.2, -0.15) is 0 Å². The van der Waals surface area contributed by atoms with Crippen molar-refractivity contribution in [1.82, 2.24) is 4.57 Å². The Hall–Kier alpha value is -8.65. The van der Waals surface area contributed by atoms with Gasteiger partial charge in [-0.3, -0.25) is 0 Å². The number of ether oxygens (including phenoxy) is 7. The van der Waals surface area contributed by atoms with Crippen molar-refractivity contribution in [2.75, 3.05) is 0 Å². The number of aryl methyl sites for hydroxylation is 2. The van der Waals surface area contributed by atoms with Gasteiger partial charge in [-0.15, -0.1) is 0 Å². The molecular formula is C95H114Cl2F5NO7. The Morgan fingerprint density at radius 3 is 1.39 bits per heavy atom. The average molecular weight is 1550 g/mol. The Morgan fingerprint density at radius 2 is 0.836 bits per heavy atom. The van der Waals surface area contributed by atoms with Gasteiger partial charge < -0.3 is 37.7 Å². The molecule has 6 aliphatic rings. The van der Waals surface area contributed by atoms with Gasteiger partial charge >= 0.3 is 0 Å². The van der Waals surface area contributed by atoms with Crippen molar-refractivity contribution >= 4 is 70.1 Å². The molecule has 0 bridgehead atoms. The van der Waals surface area contributed by atoms with Crippen molar-refractivity contribution in [3.63, 3.8) is 0 Å². The summed E-state index contributed by atoms with van der Waals surface area (Å²) in [5.41, 5.74) is 15.2. The second kappa shape index (κ2) is 34.5. The van der Waals surface area contributed by atoms with Crippen molar-refractivity contribution in [3.8, 4) is 40.2 Å². The Morgan fingerprint density at radius 1 is 0.373 bits per heavy atom. The van der Waals surface area contributed by atoms with E-state index in [2.05, 4.69) is 37.3 Å². The van der Waals surface area contributed by atoms with Crippen molar-refractivity contribution in [2.45, 2.75) is 251 Å². The fourth-order valence-corrected chi connectivity index (χ4v) is 13.3. The molecule has 8 nitrogen and oxygen atoms in total. The van der Waals surface area contributed by atoms with Crippen molar-refractivity contribution < 1.29 is 55.1 Å². The molecule has 1 heterocycles. The smallest absolute Gasteiger partial charge is 0.167 e. The number of aromatic nitrogens is 1. The van der Waals surface area contributed by atoms with Crippen LogP contribution in [0.15, 0.2) is 138 Å². The maximum absolute atomic E-state index is 13.9. The summed E-state index contributed by atoms with van der Waals surface area (Å²) < 4.78 is 110. The molecule has 7 aromatic carbocycles. The van der Waals surface area contributed by atoms with Crippen molar-refractivity contribution in [2.24, 2.45) is 7.05 Å². The summed E-state index contributed by atoms with van der Waals surface area (Å²) >= 11 is 12.6. The lowest BCUT2D eigenvalue weighted by molar-refractivity contribution is 0.124. The number of hydrogen-bond acceptors (Lipinski definition) is 7. The van der Waals surface area contributed by atoms with Gasteiger partial charge in [0.2, 0.25) is 0 Å². The number of fused-ring (bicyclic) bond motifs is 7. The third-order valence-electron chi connectivity index (χ3n) is 17.1. The lowest BCUT2D eigenvalue weighted by Gasteiger charge is -2.22. The first kappa shape index (κ1) is 86.9. The summed E-state index contributed by atoms with van der Waals surface area (Å²) in [5.74, 6) is 3.67. The molecular weight excluding hydrogens is 1430 g/mol. The van der Waals surface area contributed by atoms with E-state index in [1.807, 2.05) is 251 Å². The zero-order valence-corrected chi connectivity index (χ0v) is 71.1. The van der Waals surface area contributed by atoms with Gasteiger partial charge in [-0.1, -0.05) is 95.1 Å². The molecule has 0 unspecified atom stereocenters. The zero-order chi connectivity index (χ0) is 81.7. The quantitative estimate of drug-likeness (QED) is 0.147. The van der Waals surface area contributed by atoms with E-state index in [1.54, 1.807) is 24.3 Å². The molecule has 0 aliphatic heterocycles. The molecule has 0 fully saturated rings. The third-order valence-corrected chi connectivity index (χ3v) is 17.9. The van der Waals surface area contributed by atoms with Crippen LogP contribution >= 0.6 is 23.2 Å². The van der Waals surface area contributed by atoms with Crippen LogP contribution in [0.3, 0.4) is 0 Å². The predicted octanol–water partition coefficient (Wildman–Crippen LogP) is 27.8. The molecule has 15 heteroatoms. The maximum atomic E-state index is 13.9. The van der Waals surface area contributed by atoms with Crippen molar-refractivity contribution in [1.29, 1.82) is 0 Å². The Balaban J connectivity index is 0.000000161. The molecule has 0 atom stereocenters. The zero-order valence-electron chi connectivity index (χ0n) is 69.5. The number of halogens is 7. The molecule has 6 aliphatic carbocycles. The highest BCUT2D eigenvalue weighted by molar-refractivity contribution is 6.34. The molecule has 8 aromatic rings. The Labute approximate surface area is 662 Å². The first-order valence-electron chi connectivity index (χ1n) is 37.8. The predicted molar refractivity (Wildman–Crippen MR) is 449 cm³/mol. The minimum atomic E-state index is -0.391. The van der Waals surface area contributed by atoms with Crippen molar-refractivity contribution in [3.05, 3.63) is 238 Å². The van der Waals surface area contributed by atoms with Crippen LogP contribution in [0, 0.1) is 24.4 Å². The van der Waals surface area contributed by atoms with Crippen LogP contribution in [0.2, 0.25) is 10.0 Å². The van der Waals surface area contributed by atoms with Crippen LogP contribution in [-0.2, 0) is 45.6 Å². The average Bonchev–Trinajstić information content (AvgIpc) is 1.64. The molecule has 0 N–H and O–H groups in total. The summed E-state index contributed by atoms with van der Waals surface area (Å²) in [6, 6.07) is 31.5. The van der Waals surface area contributed by atoms with Crippen LogP contribution in [0.1, 0.15) is 239 Å². The minimum absolute atomic E-state index is 0.0886. The first-order chi connectivity index (χ1) is 50.7. The summed E-state index contributed by atoms with van der Waals surface area (Å²) in [7, 11) is 1.93. The Bertz CT molecular complexity index is 4880. The summed E-state index contributed by atoms with van der Waals surface area (Å²) in [4.78, 5) is 0. The molecule has 0 amide bonds. The van der Waals surface area contributed by atoms with Gasteiger partial charge in [0.15, 0.2) is 11.6 Å².